The highest BCUT2D eigenvalue weighted by molar-refractivity contribution is 5.32. The zero-order chi connectivity index (χ0) is 13.8. The monoisotopic (exact) mass is 263 g/mol. The fourth-order valence-electron chi connectivity index (χ4n) is 2.84. The molecule has 0 radical (unpaired) electrons. The van der Waals surface area contributed by atoms with Crippen LogP contribution in [0.1, 0.15) is 46.5 Å². The van der Waals surface area contributed by atoms with Gasteiger partial charge in [0.2, 0.25) is 0 Å². The van der Waals surface area contributed by atoms with E-state index in [1.165, 1.54) is 12.8 Å². The summed E-state index contributed by atoms with van der Waals surface area (Å²) in [6.45, 7) is 7.26. The first-order valence-corrected chi connectivity index (χ1v) is 7.38. The van der Waals surface area contributed by atoms with E-state index >= 15 is 0 Å². The molecule has 1 aromatic rings. The Bertz CT molecular complexity index is 467. The average Bonchev–Trinajstić information content (AvgIpc) is 2.34. The predicted octanol–water partition coefficient (Wildman–Crippen LogP) is 2.89. The molecule has 1 fully saturated rings. The van der Waals surface area contributed by atoms with Crippen molar-refractivity contribution >= 4 is 5.82 Å². The maximum atomic E-state index is 12.3. The maximum absolute atomic E-state index is 12.3. The minimum Gasteiger partial charge on any atom is -0.363 e. The highest BCUT2D eigenvalue weighted by Gasteiger charge is 2.20. The molecule has 0 aromatic carbocycles. The third-order valence-electron chi connectivity index (χ3n) is 3.75. The number of nitrogens with one attached hydrogen (secondary N) is 1. The molecule has 2 atom stereocenters. The largest absolute Gasteiger partial charge is 0.363 e. The van der Waals surface area contributed by atoms with Crippen LogP contribution >= 0.6 is 0 Å². The molecule has 4 heteroatoms. The Morgan fingerprint density at radius 1 is 1.47 bits per heavy atom. The van der Waals surface area contributed by atoms with Crippen molar-refractivity contribution in [2.45, 2.75) is 59.0 Å². The summed E-state index contributed by atoms with van der Waals surface area (Å²) in [7, 11) is 0. The van der Waals surface area contributed by atoms with Crippen molar-refractivity contribution in [3.05, 3.63) is 22.7 Å². The van der Waals surface area contributed by atoms with Crippen molar-refractivity contribution in [1.82, 2.24) is 9.55 Å². The lowest BCUT2D eigenvalue weighted by molar-refractivity contribution is 0.358. The SMILES string of the molecule is CC(C)Cn1ccnc(NC2CCCC(C)C2)c1=O. The molecule has 106 valence electrons. The van der Waals surface area contributed by atoms with Gasteiger partial charge in [0.25, 0.3) is 5.56 Å². The summed E-state index contributed by atoms with van der Waals surface area (Å²) in [5.41, 5.74) is 0.00873. The summed E-state index contributed by atoms with van der Waals surface area (Å²) >= 11 is 0. The number of hydrogen-bond donors (Lipinski definition) is 1. The van der Waals surface area contributed by atoms with Gasteiger partial charge in [0.05, 0.1) is 0 Å². The van der Waals surface area contributed by atoms with E-state index in [2.05, 4.69) is 31.1 Å². The lowest BCUT2D eigenvalue weighted by Gasteiger charge is -2.27. The number of aromatic nitrogens is 2. The Morgan fingerprint density at radius 3 is 2.95 bits per heavy atom. The van der Waals surface area contributed by atoms with Gasteiger partial charge in [-0.05, 0) is 24.7 Å². The molecule has 1 aliphatic rings. The van der Waals surface area contributed by atoms with Crippen LogP contribution in [0.5, 0.6) is 0 Å². The number of nitrogens with zero attached hydrogens (tertiary/aromatic N) is 2. The highest BCUT2D eigenvalue weighted by Crippen LogP contribution is 2.24. The Hall–Kier alpha value is -1.32. The molecule has 0 bridgehead atoms. The number of hydrogen-bond acceptors (Lipinski definition) is 3. The van der Waals surface area contributed by atoms with Crippen molar-refractivity contribution < 1.29 is 0 Å². The number of rotatable bonds is 4. The van der Waals surface area contributed by atoms with E-state index in [0.717, 1.165) is 25.3 Å². The van der Waals surface area contributed by atoms with Gasteiger partial charge < -0.3 is 9.88 Å². The summed E-state index contributed by atoms with van der Waals surface area (Å²) in [5, 5.41) is 3.35. The Morgan fingerprint density at radius 2 is 2.26 bits per heavy atom. The molecule has 1 N–H and O–H groups in total. The Balaban J connectivity index is 2.10. The minimum atomic E-state index is 0.00873. The molecule has 0 saturated heterocycles. The zero-order valence-corrected chi connectivity index (χ0v) is 12.2. The van der Waals surface area contributed by atoms with Crippen molar-refractivity contribution in [1.29, 1.82) is 0 Å². The average molecular weight is 263 g/mol. The van der Waals surface area contributed by atoms with Crippen LogP contribution in [-0.2, 0) is 6.54 Å². The summed E-state index contributed by atoms with van der Waals surface area (Å²) in [6.07, 6.45) is 8.32. The van der Waals surface area contributed by atoms with Gasteiger partial charge in [-0.3, -0.25) is 4.79 Å². The quantitative estimate of drug-likeness (QED) is 0.908. The van der Waals surface area contributed by atoms with E-state index in [-0.39, 0.29) is 5.56 Å². The molecule has 0 spiro atoms. The minimum absolute atomic E-state index is 0.00873. The molecule has 0 aliphatic heterocycles. The van der Waals surface area contributed by atoms with Crippen molar-refractivity contribution in [2.75, 3.05) is 5.32 Å². The van der Waals surface area contributed by atoms with Gasteiger partial charge in [-0.15, -0.1) is 0 Å². The second kappa shape index (κ2) is 6.22. The highest BCUT2D eigenvalue weighted by atomic mass is 16.1. The second-order valence-electron chi connectivity index (χ2n) is 6.24. The molecule has 1 saturated carbocycles. The van der Waals surface area contributed by atoms with Gasteiger partial charge in [0.15, 0.2) is 5.82 Å². The molecular formula is C15H25N3O. The van der Waals surface area contributed by atoms with Crippen LogP contribution in [0.3, 0.4) is 0 Å². The van der Waals surface area contributed by atoms with Gasteiger partial charge in [-0.25, -0.2) is 4.98 Å². The first-order valence-electron chi connectivity index (χ1n) is 7.38. The van der Waals surface area contributed by atoms with Crippen molar-refractivity contribution in [2.24, 2.45) is 11.8 Å². The molecule has 0 amide bonds. The van der Waals surface area contributed by atoms with Crippen LogP contribution in [0.25, 0.3) is 0 Å². The van der Waals surface area contributed by atoms with Crippen LogP contribution in [-0.4, -0.2) is 15.6 Å². The molecule has 4 nitrogen and oxygen atoms in total. The Labute approximate surface area is 115 Å². The van der Waals surface area contributed by atoms with E-state index in [1.807, 2.05) is 0 Å². The third kappa shape index (κ3) is 3.82. The van der Waals surface area contributed by atoms with Crippen LogP contribution < -0.4 is 10.9 Å². The van der Waals surface area contributed by atoms with E-state index in [4.69, 9.17) is 0 Å². The first-order chi connectivity index (χ1) is 9.06. The summed E-state index contributed by atoms with van der Waals surface area (Å²) in [5.74, 6) is 1.72. The summed E-state index contributed by atoms with van der Waals surface area (Å²) in [4.78, 5) is 16.5. The molecular weight excluding hydrogens is 238 g/mol. The molecule has 2 unspecified atom stereocenters. The van der Waals surface area contributed by atoms with E-state index < -0.39 is 0 Å². The predicted molar refractivity (Wildman–Crippen MR) is 78.4 cm³/mol. The van der Waals surface area contributed by atoms with Gasteiger partial charge in [0.1, 0.15) is 0 Å². The Kier molecular flexibility index (Phi) is 4.61. The third-order valence-corrected chi connectivity index (χ3v) is 3.75. The molecule has 2 rings (SSSR count). The first kappa shape index (κ1) is 14.1. The topological polar surface area (TPSA) is 46.9 Å². The maximum Gasteiger partial charge on any atom is 0.293 e. The van der Waals surface area contributed by atoms with E-state index in [0.29, 0.717) is 17.8 Å². The summed E-state index contributed by atoms with van der Waals surface area (Å²) < 4.78 is 1.76. The van der Waals surface area contributed by atoms with Gasteiger partial charge >= 0.3 is 0 Å². The lowest BCUT2D eigenvalue weighted by Crippen LogP contribution is -2.32. The fraction of sp³-hybridized carbons (Fsp3) is 0.733. The molecule has 1 aliphatic carbocycles. The smallest absolute Gasteiger partial charge is 0.293 e. The van der Waals surface area contributed by atoms with Crippen LogP contribution in [0, 0.1) is 11.8 Å². The number of anilines is 1. The van der Waals surface area contributed by atoms with Gasteiger partial charge in [0, 0.05) is 25.0 Å². The van der Waals surface area contributed by atoms with E-state index in [1.54, 1.807) is 17.0 Å². The fourth-order valence-corrected chi connectivity index (χ4v) is 2.84. The van der Waals surface area contributed by atoms with Gasteiger partial charge in [-0.1, -0.05) is 33.6 Å². The van der Waals surface area contributed by atoms with Gasteiger partial charge in [-0.2, -0.15) is 0 Å². The second-order valence-corrected chi connectivity index (χ2v) is 6.24. The summed E-state index contributed by atoms with van der Waals surface area (Å²) in [6, 6.07) is 0.402. The zero-order valence-electron chi connectivity index (χ0n) is 12.2. The molecule has 1 heterocycles. The van der Waals surface area contributed by atoms with Crippen molar-refractivity contribution in [3.8, 4) is 0 Å². The lowest BCUT2D eigenvalue weighted by atomic mass is 9.87. The van der Waals surface area contributed by atoms with Crippen LogP contribution in [0.2, 0.25) is 0 Å². The van der Waals surface area contributed by atoms with E-state index in [9.17, 15) is 4.79 Å². The van der Waals surface area contributed by atoms with Crippen LogP contribution in [0.4, 0.5) is 5.82 Å². The van der Waals surface area contributed by atoms with Crippen LogP contribution in [0.15, 0.2) is 17.2 Å². The molecule has 1 aromatic heterocycles. The van der Waals surface area contributed by atoms with Crippen molar-refractivity contribution in [3.63, 3.8) is 0 Å². The molecule has 19 heavy (non-hydrogen) atoms. The standard InChI is InChI=1S/C15H25N3O/c1-11(2)10-18-8-7-16-14(15(18)19)17-13-6-4-5-12(3)9-13/h7-8,11-13H,4-6,9-10H2,1-3H3,(H,16,17). The normalized spacial score (nSPS) is 23.6.